The molecule has 2 heterocycles. The van der Waals surface area contributed by atoms with Crippen molar-refractivity contribution in [1.29, 1.82) is 5.26 Å². The molecule has 2 atom stereocenters. The Balaban J connectivity index is 1.62. The van der Waals surface area contributed by atoms with Crippen molar-refractivity contribution in [3.05, 3.63) is 23.8 Å². The van der Waals surface area contributed by atoms with Gasteiger partial charge >= 0.3 is 0 Å². The van der Waals surface area contributed by atoms with E-state index in [0.29, 0.717) is 6.04 Å². The van der Waals surface area contributed by atoms with Crippen molar-refractivity contribution in [2.24, 2.45) is 0 Å². The second kappa shape index (κ2) is 6.69. The molecule has 0 aromatic heterocycles. The lowest BCUT2D eigenvalue weighted by Crippen LogP contribution is -2.48. The summed E-state index contributed by atoms with van der Waals surface area (Å²) in [5, 5.41) is 12.7. The van der Waals surface area contributed by atoms with E-state index in [1.165, 1.54) is 19.4 Å². The first-order chi connectivity index (χ1) is 10.3. The van der Waals surface area contributed by atoms with Crippen molar-refractivity contribution in [2.45, 2.75) is 29.9 Å². The first kappa shape index (κ1) is 14.7. The summed E-state index contributed by atoms with van der Waals surface area (Å²) in [6.45, 7) is 3.82. The largest absolute Gasteiger partial charge is 0.381 e. The Morgan fingerprint density at radius 1 is 1.52 bits per heavy atom. The van der Waals surface area contributed by atoms with Crippen LogP contribution in [0.1, 0.15) is 18.4 Å². The average Bonchev–Trinajstić information content (AvgIpc) is 2.99. The Bertz CT molecular complexity index is 543. The monoisotopic (exact) mass is 303 g/mol. The van der Waals surface area contributed by atoms with E-state index in [2.05, 4.69) is 16.3 Å². The number of rotatable bonds is 4. The van der Waals surface area contributed by atoms with E-state index in [9.17, 15) is 5.26 Å². The fourth-order valence-electron chi connectivity index (χ4n) is 3.20. The summed E-state index contributed by atoms with van der Waals surface area (Å²) in [7, 11) is 0. The summed E-state index contributed by atoms with van der Waals surface area (Å²) in [4.78, 5) is 3.56. The van der Waals surface area contributed by atoms with Gasteiger partial charge in [-0.2, -0.15) is 5.26 Å². The summed E-state index contributed by atoms with van der Waals surface area (Å²) in [6, 6.07) is 8.89. The maximum Gasteiger partial charge on any atom is 0.102 e. The van der Waals surface area contributed by atoms with Gasteiger partial charge in [-0.15, -0.1) is 11.8 Å². The van der Waals surface area contributed by atoms with Gasteiger partial charge < -0.3 is 10.1 Å². The predicted molar refractivity (Wildman–Crippen MR) is 85.8 cm³/mol. The number of nitrogens with zero attached hydrogens (tertiary/aromatic N) is 2. The molecule has 4 nitrogen and oxygen atoms in total. The minimum absolute atomic E-state index is 0.212. The van der Waals surface area contributed by atoms with Gasteiger partial charge in [0.2, 0.25) is 0 Å². The van der Waals surface area contributed by atoms with Crippen LogP contribution < -0.4 is 5.32 Å². The van der Waals surface area contributed by atoms with Crippen molar-refractivity contribution >= 4 is 17.4 Å². The lowest BCUT2D eigenvalue weighted by molar-refractivity contribution is -0.0415. The van der Waals surface area contributed by atoms with Crippen molar-refractivity contribution < 1.29 is 4.74 Å². The lowest BCUT2D eigenvalue weighted by atomic mass is 10.1. The maximum atomic E-state index is 9.35. The quantitative estimate of drug-likeness (QED) is 0.866. The van der Waals surface area contributed by atoms with Gasteiger partial charge in [-0.25, -0.2) is 0 Å². The van der Waals surface area contributed by atoms with Crippen LogP contribution in [-0.4, -0.2) is 49.5 Å². The zero-order chi connectivity index (χ0) is 14.7. The molecule has 112 valence electrons. The molecule has 2 unspecified atom stereocenters. The van der Waals surface area contributed by atoms with E-state index in [0.717, 1.165) is 35.8 Å². The molecule has 0 spiro atoms. The molecule has 2 saturated heterocycles. The molecule has 21 heavy (non-hydrogen) atoms. The minimum atomic E-state index is 0.212. The van der Waals surface area contributed by atoms with Gasteiger partial charge in [-0.05, 0) is 37.8 Å². The molecule has 0 bridgehead atoms. The van der Waals surface area contributed by atoms with Gasteiger partial charge in [0.1, 0.15) is 6.07 Å². The molecule has 3 rings (SSSR count). The van der Waals surface area contributed by atoms with Crippen molar-refractivity contribution in [3.8, 4) is 6.07 Å². The third-order valence-corrected chi connectivity index (χ3v) is 5.12. The zero-order valence-corrected chi connectivity index (χ0v) is 13.2. The summed E-state index contributed by atoms with van der Waals surface area (Å²) in [5.41, 5.74) is 1.65. The number of hydrogen-bond acceptors (Lipinski definition) is 5. The Labute approximate surface area is 130 Å². The fraction of sp³-hybridized carbons (Fsp3) is 0.562. The van der Waals surface area contributed by atoms with Gasteiger partial charge in [0.15, 0.2) is 0 Å². The molecular weight excluding hydrogens is 282 g/mol. The van der Waals surface area contributed by atoms with Gasteiger partial charge in [0.25, 0.3) is 0 Å². The Kier molecular flexibility index (Phi) is 4.69. The lowest BCUT2D eigenvalue weighted by Gasteiger charge is -2.35. The van der Waals surface area contributed by atoms with Crippen LogP contribution in [-0.2, 0) is 4.74 Å². The van der Waals surface area contributed by atoms with Crippen molar-refractivity contribution in [1.82, 2.24) is 4.90 Å². The number of morpholine rings is 1. The van der Waals surface area contributed by atoms with Crippen LogP contribution >= 0.6 is 11.8 Å². The molecule has 2 aliphatic heterocycles. The zero-order valence-electron chi connectivity index (χ0n) is 12.3. The number of thioether (sulfide) groups is 1. The van der Waals surface area contributed by atoms with E-state index < -0.39 is 0 Å². The molecule has 0 amide bonds. The average molecular weight is 303 g/mol. The Hall–Kier alpha value is -1.22. The maximum absolute atomic E-state index is 9.35. The fourth-order valence-corrected chi connectivity index (χ4v) is 3.77. The van der Waals surface area contributed by atoms with Crippen LogP contribution in [0.15, 0.2) is 23.1 Å². The van der Waals surface area contributed by atoms with E-state index >= 15 is 0 Å². The smallest absolute Gasteiger partial charge is 0.102 e. The second-order valence-electron chi connectivity index (χ2n) is 5.62. The molecule has 0 aliphatic carbocycles. The number of fused-ring (bicyclic) bond motifs is 1. The predicted octanol–water partition coefficient (Wildman–Crippen LogP) is 2.56. The molecule has 5 heteroatoms. The normalized spacial score (nSPS) is 25.3. The third kappa shape index (κ3) is 3.18. The summed E-state index contributed by atoms with van der Waals surface area (Å²) in [6.07, 6.45) is 4.78. The van der Waals surface area contributed by atoms with Crippen LogP contribution in [0.25, 0.3) is 0 Å². The Morgan fingerprint density at radius 3 is 3.24 bits per heavy atom. The highest BCUT2D eigenvalue weighted by molar-refractivity contribution is 7.98. The van der Waals surface area contributed by atoms with Crippen molar-refractivity contribution in [2.75, 3.05) is 37.8 Å². The van der Waals surface area contributed by atoms with E-state index in [4.69, 9.17) is 4.74 Å². The van der Waals surface area contributed by atoms with Crippen LogP contribution in [0.3, 0.4) is 0 Å². The Morgan fingerprint density at radius 2 is 2.43 bits per heavy atom. The molecule has 2 fully saturated rings. The van der Waals surface area contributed by atoms with Crippen LogP contribution in [0.2, 0.25) is 0 Å². The highest BCUT2D eigenvalue weighted by Gasteiger charge is 2.32. The van der Waals surface area contributed by atoms with E-state index in [-0.39, 0.29) is 6.10 Å². The molecule has 1 aromatic rings. The van der Waals surface area contributed by atoms with E-state index in [1.807, 2.05) is 24.5 Å². The second-order valence-corrected chi connectivity index (χ2v) is 6.47. The third-order valence-electron chi connectivity index (χ3n) is 4.34. The van der Waals surface area contributed by atoms with Crippen LogP contribution in [0.4, 0.5) is 5.69 Å². The summed E-state index contributed by atoms with van der Waals surface area (Å²) < 4.78 is 5.95. The van der Waals surface area contributed by atoms with Gasteiger partial charge in [-0.3, -0.25) is 4.90 Å². The number of hydrogen-bond donors (Lipinski definition) is 1. The topological polar surface area (TPSA) is 48.3 Å². The molecule has 0 saturated carbocycles. The number of ether oxygens (including phenoxy) is 1. The molecule has 1 aromatic carbocycles. The first-order valence-electron chi connectivity index (χ1n) is 7.48. The standard InChI is InChI=1S/C16H21N3OS/c1-21-16-6-2-5-15(14(16)8-17)18-9-13-10-19-7-3-4-12(19)11-20-13/h2,5-6,12-13,18H,3-4,7,9-11H2,1H3. The van der Waals surface area contributed by atoms with Crippen LogP contribution in [0.5, 0.6) is 0 Å². The number of nitrogens with one attached hydrogen (secondary N) is 1. The van der Waals surface area contributed by atoms with Gasteiger partial charge in [0, 0.05) is 24.0 Å². The minimum Gasteiger partial charge on any atom is -0.381 e. The van der Waals surface area contributed by atoms with Crippen molar-refractivity contribution in [3.63, 3.8) is 0 Å². The molecule has 0 radical (unpaired) electrons. The molecule has 1 N–H and O–H groups in total. The van der Waals surface area contributed by atoms with Gasteiger partial charge in [-0.1, -0.05) is 6.07 Å². The molecular formula is C16H21N3OS. The summed E-state index contributed by atoms with van der Waals surface area (Å²) >= 11 is 1.61. The highest BCUT2D eigenvalue weighted by atomic mass is 32.2. The highest BCUT2D eigenvalue weighted by Crippen LogP contribution is 2.27. The first-order valence-corrected chi connectivity index (χ1v) is 8.71. The summed E-state index contributed by atoms with van der Waals surface area (Å²) in [5.74, 6) is 0. The number of anilines is 1. The van der Waals surface area contributed by atoms with Gasteiger partial charge in [0.05, 0.1) is 24.0 Å². The SMILES string of the molecule is CSc1cccc(NCC2CN3CCCC3CO2)c1C#N. The molecule has 2 aliphatic rings. The van der Waals surface area contributed by atoms with Crippen LogP contribution in [0, 0.1) is 11.3 Å². The number of nitriles is 1. The number of benzene rings is 1. The van der Waals surface area contributed by atoms with E-state index in [1.54, 1.807) is 11.8 Å².